The number of aromatic nitrogens is 2. The van der Waals surface area contributed by atoms with Crippen LogP contribution in [0.3, 0.4) is 0 Å². The van der Waals surface area contributed by atoms with Crippen LogP contribution in [0.2, 0.25) is 0 Å². The third-order valence-electron chi connectivity index (χ3n) is 2.11. The number of amides is 1. The van der Waals surface area contributed by atoms with Crippen LogP contribution in [0.5, 0.6) is 0 Å². The highest BCUT2D eigenvalue weighted by molar-refractivity contribution is 5.75. The molecule has 0 aliphatic heterocycles. The number of unbranched alkanes of at least 4 members (excludes halogenated alkanes) is 1. The second-order valence-corrected chi connectivity index (χ2v) is 3.61. The van der Waals surface area contributed by atoms with E-state index in [-0.39, 0.29) is 12.5 Å². The number of carbonyl (C=O) groups is 1. The Morgan fingerprint density at radius 1 is 1.38 bits per heavy atom. The van der Waals surface area contributed by atoms with Gasteiger partial charge in [0.2, 0.25) is 5.91 Å². The van der Waals surface area contributed by atoms with Gasteiger partial charge >= 0.3 is 0 Å². The van der Waals surface area contributed by atoms with Gasteiger partial charge in [0.25, 0.3) is 0 Å². The number of nitrogens with zero attached hydrogens (tertiary/aromatic N) is 2. The lowest BCUT2D eigenvalue weighted by Crippen LogP contribution is -2.23. The summed E-state index contributed by atoms with van der Waals surface area (Å²) in [5.74, 6) is -0.0178. The molecule has 0 aliphatic carbocycles. The van der Waals surface area contributed by atoms with Crippen LogP contribution in [0.15, 0.2) is 12.4 Å². The molecular formula is C11H17N3O2. The summed E-state index contributed by atoms with van der Waals surface area (Å²) >= 11 is 0. The van der Waals surface area contributed by atoms with Gasteiger partial charge in [0.05, 0.1) is 24.1 Å². The zero-order chi connectivity index (χ0) is 11.8. The molecule has 0 saturated heterocycles. The highest BCUT2D eigenvalue weighted by Crippen LogP contribution is 1.96. The first-order valence-corrected chi connectivity index (χ1v) is 5.37. The largest absolute Gasteiger partial charge is 0.396 e. The van der Waals surface area contributed by atoms with E-state index in [0.29, 0.717) is 25.8 Å². The van der Waals surface area contributed by atoms with Gasteiger partial charge in [-0.05, 0) is 19.8 Å². The van der Waals surface area contributed by atoms with Gasteiger partial charge in [0.15, 0.2) is 0 Å². The number of hydrogen-bond acceptors (Lipinski definition) is 4. The fourth-order valence-electron chi connectivity index (χ4n) is 1.19. The van der Waals surface area contributed by atoms with Crippen molar-refractivity contribution >= 4 is 5.91 Å². The van der Waals surface area contributed by atoms with Crippen molar-refractivity contribution in [3.05, 3.63) is 23.8 Å². The first-order chi connectivity index (χ1) is 7.72. The van der Waals surface area contributed by atoms with Crippen LogP contribution in [0.1, 0.15) is 30.7 Å². The molecule has 5 heteroatoms. The molecule has 0 spiro atoms. The zero-order valence-electron chi connectivity index (χ0n) is 9.44. The molecule has 0 radical (unpaired) electrons. The number of carbonyl (C=O) groups excluding carboxylic acids is 1. The Labute approximate surface area is 94.9 Å². The molecule has 1 amide bonds. The minimum Gasteiger partial charge on any atom is -0.396 e. The molecule has 16 heavy (non-hydrogen) atoms. The molecule has 0 atom stereocenters. The predicted octanol–water partition coefficient (Wildman–Crippen LogP) is 0.564. The monoisotopic (exact) mass is 223 g/mol. The summed E-state index contributed by atoms with van der Waals surface area (Å²) in [5.41, 5.74) is 1.61. The highest BCUT2D eigenvalue weighted by atomic mass is 16.2. The summed E-state index contributed by atoms with van der Waals surface area (Å²) in [6.45, 7) is 2.41. The summed E-state index contributed by atoms with van der Waals surface area (Å²) in [7, 11) is 0. The minimum absolute atomic E-state index is 0.0178. The molecule has 0 aliphatic rings. The van der Waals surface area contributed by atoms with Gasteiger partial charge < -0.3 is 10.4 Å². The summed E-state index contributed by atoms with van der Waals surface area (Å²) in [6.07, 6.45) is 5.15. The first kappa shape index (κ1) is 12.6. The lowest BCUT2D eigenvalue weighted by atomic mass is 10.2. The van der Waals surface area contributed by atoms with Crippen LogP contribution in [0.25, 0.3) is 0 Å². The van der Waals surface area contributed by atoms with Gasteiger partial charge in [0.1, 0.15) is 0 Å². The third kappa shape index (κ3) is 4.84. The molecular weight excluding hydrogens is 206 g/mol. The van der Waals surface area contributed by atoms with Crippen molar-refractivity contribution in [2.45, 2.75) is 32.7 Å². The fraction of sp³-hybridized carbons (Fsp3) is 0.545. The van der Waals surface area contributed by atoms with E-state index < -0.39 is 0 Å². The van der Waals surface area contributed by atoms with E-state index in [1.807, 2.05) is 6.92 Å². The third-order valence-corrected chi connectivity index (χ3v) is 2.11. The maximum atomic E-state index is 11.3. The van der Waals surface area contributed by atoms with Gasteiger partial charge in [-0.3, -0.25) is 14.8 Å². The van der Waals surface area contributed by atoms with Gasteiger partial charge in [-0.2, -0.15) is 0 Å². The minimum atomic E-state index is -0.0178. The molecule has 0 fully saturated rings. The summed E-state index contributed by atoms with van der Waals surface area (Å²) in [5, 5.41) is 11.3. The maximum absolute atomic E-state index is 11.3. The van der Waals surface area contributed by atoms with Gasteiger partial charge in [-0.25, -0.2) is 0 Å². The Morgan fingerprint density at radius 3 is 2.81 bits per heavy atom. The maximum Gasteiger partial charge on any atom is 0.220 e. The van der Waals surface area contributed by atoms with Crippen LogP contribution in [0, 0.1) is 6.92 Å². The summed E-state index contributed by atoms with van der Waals surface area (Å²) < 4.78 is 0. The highest BCUT2D eigenvalue weighted by Gasteiger charge is 2.01. The van der Waals surface area contributed by atoms with Crippen molar-refractivity contribution < 1.29 is 9.90 Å². The molecule has 0 saturated carbocycles. The fourth-order valence-corrected chi connectivity index (χ4v) is 1.19. The molecule has 2 N–H and O–H groups in total. The van der Waals surface area contributed by atoms with Crippen LogP contribution in [-0.2, 0) is 11.3 Å². The number of nitrogens with one attached hydrogen (secondary N) is 1. The molecule has 1 heterocycles. The van der Waals surface area contributed by atoms with Crippen molar-refractivity contribution in [2.24, 2.45) is 0 Å². The van der Waals surface area contributed by atoms with Crippen LogP contribution < -0.4 is 5.32 Å². The van der Waals surface area contributed by atoms with Crippen molar-refractivity contribution in [2.75, 3.05) is 6.61 Å². The normalized spacial score (nSPS) is 10.1. The van der Waals surface area contributed by atoms with E-state index in [2.05, 4.69) is 15.3 Å². The smallest absolute Gasteiger partial charge is 0.220 e. The van der Waals surface area contributed by atoms with Crippen molar-refractivity contribution in [1.82, 2.24) is 15.3 Å². The van der Waals surface area contributed by atoms with Crippen molar-refractivity contribution in [3.63, 3.8) is 0 Å². The first-order valence-electron chi connectivity index (χ1n) is 5.37. The molecule has 1 rings (SSSR count). The number of aryl methyl sites for hydroxylation is 1. The second-order valence-electron chi connectivity index (χ2n) is 3.61. The summed E-state index contributed by atoms with van der Waals surface area (Å²) in [4.78, 5) is 19.5. The molecule has 0 bridgehead atoms. The summed E-state index contributed by atoms with van der Waals surface area (Å²) in [6, 6.07) is 0. The molecule has 88 valence electrons. The van der Waals surface area contributed by atoms with E-state index in [1.54, 1.807) is 12.4 Å². The Morgan fingerprint density at radius 2 is 2.19 bits per heavy atom. The lowest BCUT2D eigenvalue weighted by Gasteiger charge is -2.04. The SMILES string of the molecule is Cc1cnc(CNC(=O)CCCCO)cn1. The van der Waals surface area contributed by atoms with E-state index in [4.69, 9.17) is 5.11 Å². The van der Waals surface area contributed by atoms with Gasteiger partial charge in [-0.1, -0.05) is 0 Å². The van der Waals surface area contributed by atoms with Crippen molar-refractivity contribution in [3.8, 4) is 0 Å². The Bertz CT molecular complexity index is 325. The average molecular weight is 223 g/mol. The van der Waals surface area contributed by atoms with Gasteiger partial charge in [0, 0.05) is 19.2 Å². The van der Waals surface area contributed by atoms with E-state index >= 15 is 0 Å². The van der Waals surface area contributed by atoms with E-state index in [9.17, 15) is 4.79 Å². The van der Waals surface area contributed by atoms with Crippen molar-refractivity contribution in [1.29, 1.82) is 0 Å². The molecule has 1 aromatic heterocycles. The Kier molecular flexibility index (Phi) is 5.42. The molecule has 0 unspecified atom stereocenters. The van der Waals surface area contributed by atoms with Crippen LogP contribution in [0.4, 0.5) is 0 Å². The van der Waals surface area contributed by atoms with E-state index in [1.165, 1.54) is 0 Å². The number of rotatable bonds is 6. The number of hydrogen-bond donors (Lipinski definition) is 2. The molecule has 1 aromatic rings. The molecule has 0 aromatic carbocycles. The number of aliphatic hydroxyl groups excluding tert-OH is 1. The second kappa shape index (κ2) is 6.90. The van der Waals surface area contributed by atoms with Gasteiger partial charge in [-0.15, -0.1) is 0 Å². The molecule has 5 nitrogen and oxygen atoms in total. The topological polar surface area (TPSA) is 75.1 Å². The number of aliphatic hydroxyl groups is 1. The van der Waals surface area contributed by atoms with E-state index in [0.717, 1.165) is 11.4 Å². The van der Waals surface area contributed by atoms with Crippen LogP contribution >= 0.6 is 0 Å². The Hall–Kier alpha value is -1.49. The Balaban J connectivity index is 2.23. The van der Waals surface area contributed by atoms with Crippen LogP contribution in [-0.4, -0.2) is 27.6 Å². The average Bonchev–Trinajstić information content (AvgIpc) is 2.29. The predicted molar refractivity (Wildman–Crippen MR) is 59.6 cm³/mol. The quantitative estimate of drug-likeness (QED) is 0.691. The standard InChI is InChI=1S/C11H17N3O2/c1-9-6-13-10(7-12-9)8-14-11(16)4-2-3-5-15/h6-7,15H,2-5,8H2,1H3,(H,14,16). The lowest BCUT2D eigenvalue weighted by molar-refractivity contribution is -0.121. The zero-order valence-corrected chi connectivity index (χ0v) is 9.44.